The number of hydrogen-bond acceptors (Lipinski definition) is 2. The molecule has 0 spiro atoms. The molecule has 2 N–H and O–H groups in total. The number of carbonyl (C=O) groups excluding carboxylic acids is 1. The van der Waals surface area contributed by atoms with Crippen LogP contribution in [0.15, 0.2) is 47.3 Å². The minimum Gasteiger partial charge on any atom is -0.361 e. The maximum Gasteiger partial charge on any atom is 0.251 e. The van der Waals surface area contributed by atoms with Gasteiger partial charge in [0.2, 0.25) is 0 Å². The van der Waals surface area contributed by atoms with Crippen molar-refractivity contribution in [3.8, 4) is 0 Å². The first-order valence-corrected chi connectivity index (χ1v) is 7.13. The summed E-state index contributed by atoms with van der Waals surface area (Å²) in [6.45, 7) is 0.667. The van der Waals surface area contributed by atoms with E-state index in [0.29, 0.717) is 12.1 Å². The molecule has 2 aromatic heterocycles. The summed E-state index contributed by atoms with van der Waals surface area (Å²) in [6.07, 6.45) is 2.75. The Hall–Kier alpha value is -2.07. The molecule has 0 aliphatic heterocycles. The third kappa shape index (κ3) is 2.69. The van der Waals surface area contributed by atoms with Crippen LogP contribution in [0.25, 0.3) is 10.9 Å². The summed E-state index contributed by atoms with van der Waals surface area (Å²) in [7, 11) is 0. The smallest absolute Gasteiger partial charge is 0.251 e. The average molecular weight is 270 g/mol. The minimum absolute atomic E-state index is 0.0154. The highest BCUT2D eigenvalue weighted by atomic mass is 32.1. The minimum atomic E-state index is -0.0154. The number of hydrogen-bond donors (Lipinski definition) is 2. The van der Waals surface area contributed by atoms with E-state index in [-0.39, 0.29) is 5.91 Å². The van der Waals surface area contributed by atoms with Gasteiger partial charge in [0.1, 0.15) is 0 Å². The van der Waals surface area contributed by atoms with Crippen molar-refractivity contribution in [2.45, 2.75) is 6.42 Å². The summed E-state index contributed by atoms with van der Waals surface area (Å²) < 4.78 is 0. The van der Waals surface area contributed by atoms with Gasteiger partial charge in [0, 0.05) is 29.2 Å². The van der Waals surface area contributed by atoms with E-state index in [1.165, 1.54) is 5.56 Å². The van der Waals surface area contributed by atoms with Gasteiger partial charge in [-0.1, -0.05) is 0 Å². The summed E-state index contributed by atoms with van der Waals surface area (Å²) in [5.41, 5.74) is 3.03. The van der Waals surface area contributed by atoms with Crippen LogP contribution in [-0.2, 0) is 6.42 Å². The molecular formula is C15H14N2OS. The summed E-state index contributed by atoms with van der Waals surface area (Å²) in [4.78, 5) is 15.1. The molecule has 0 saturated carbocycles. The van der Waals surface area contributed by atoms with Crippen molar-refractivity contribution in [2.75, 3.05) is 6.54 Å². The van der Waals surface area contributed by atoms with Gasteiger partial charge in [0.25, 0.3) is 5.91 Å². The van der Waals surface area contributed by atoms with Gasteiger partial charge in [0.05, 0.1) is 0 Å². The normalized spacial score (nSPS) is 10.7. The Bertz CT molecular complexity index is 685. The molecule has 0 saturated heterocycles. The summed E-state index contributed by atoms with van der Waals surface area (Å²) in [5.74, 6) is -0.0154. The molecule has 3 aromatic rings. The van der Waals surface area contributed by atoms with Crippen molar-refractivity contribution in [3.63, 3.8) is 0 Å². The summed E-state index contributed by atoms with van der Waals surface area (Å²) in [5, 5.41) is 8.17. The molecule has 0 radical (unpaired) electrons. The maximum absolute atomic E-state index is 12.0. The van der Waals surface area contributed by atoms with E-state index in [1.54, 1.807) is 11.3 Å². The third-order valence-corrected chi connectivity index (χ3v) is 3.83. The Balaban J connectivity index is 1.63. The first kappa shape index (κ1) is 12.0. The summed E-state index contributed by atoms with van der Waals surface area (Å²) >= 11 is 1.68. The molecule has 3 rings (SSSR count). The van der Waals surface area contributed by atoms with Crippen LogP contribution in [0.4, 0.5) is 0 Å². The predicted octanol–water partition coefficient (Wildman–Crippen LogP) is 3.20. The van der Waals surface area contributed by atoms with Crippen LogP contribution in [0.3, 0.4) is 0 Å². The topological polar surface area (TPSA) is 44.9 Å². The van der Waals surface area contributed by atoms with E-state index in [9.17, 15) is 4.79 Å². The van der Waals surface area contributed by atoms with Gasteiger partial charge in [-0.3, -0.25) is 4.79 Å². The Morgan fingerprint density at radius 1 is 1.26 bits per heavy atom. The second-order valence-corrected chi connectivity index (χ2v) is 5.20. The Morgan fingerprint density at radius 3 is 3.05 bits per heavy atom. The molecule has 1 aromatic carbocycles. The molecule has 3 nitrogen and oxygen atoms in total. The largest absolute Gasteiger partial charge is 0.361 e. The molecule has 19 heavy (non-hydrogen) atoms. The molecule has 2 heterocycles. The van der Waals surface area contributed by atoms with Crippen LogP contribution in [0.2, 0.25) is 0 Å². The standard InChI is InChI=1S/C15H14N2OS/c18-15(17-6-3-11-5-8-19-10-11)13-1-2-14-12(9-13)4-7-16-14/h1-2,4-5,7-10,16H,3,6H2,(H,17,18). The molecule has 0 atom stereocenters. The monoisotopic (exact) mass is 270 g/mol. The van der Waals surface area contributed by atoms with Crippen molar-refractivity contribution in [2.24, 2.45) is 0 Å². The van der Waals surface area contributed by atoms with Crippen molar-refractivity contribution < 1.29 is 4.79 Å². The van der Waals surface area contributed by atoms with Crippen molar-refractivity contribution >= 4 is 28.1 Å². The van der Waals surface area contributed by atoms with Gasteiger partial charge in [-0.15, -0.1) is 0 Å². The Labute approximate surface area is 115 Å². The molecule has 0 aliphatic rings. The SMILES string of the molecule is O=C(NCCc1ccsc1)c1ccc2[nH]ccc2c1. The number of H-pyrrole nitrogens is 1. The molecule has 0 aliphatic carbocycles. The van der Waals surface area contributed by atoms with E-state index >= 15 is 0 Å². The first-order chi connectivity index (χ1) is 9.33. The number of benzene rings is 1. The van der Waals surface area contributed by atoms with Crippen LogP contribution in [0, 0.1) is 0 Å². The highest BCUT2D eigenvalue weighted by Gasteiger charge is 2.06. The molecule has 0 unspecified atom stereocenters. The van der Waals surface area contributed by atoms with Crippen molar-refractivity contribution in [3.05, 3.63) is 58.4 Å². The Morgan fingerprint density at radius 2 is 2.21 bits per heavy atom. The predicted molar refractivity (Wildman–Crippen MR) is 78.7 cm³/mol. The van der Waals surface area contributed by atoms with E-state index in [4.69, 9.17) is 0 Å². The second-order valence-electron chi connectivity index (χ2n) is 4.42. The van der Waals surface area contributed by atoms with Crippen LogP contribution in [0.5, 0.6) is 0 Å². The lowest BCUT2D eigenvalue weighted by molar-refractivity contribution is 0.0954. The maximum atomic E-state index is 12.0. The lowest BCUT2D eigenvalue weighted by Crippen LogP contribution is -2.25. The van der Waals surface area contributed by atoms with E-state index in [0.717, 1.165) is 17.3 Å². The molecule has 4 heteroatoms. The zero-order valence-corrected chi connectivity index (χ0v) is 11.2. The highest BCUT2D eigenvalue weighted by molar-refractivity contribution is 7.07. The van der Waals surface area contributed by atoms with Crippen molar-refractivity contribution in [1.29, 1.82) is 0 Å². The fourth-order valence-electron chi connectivity index (χ4n) is 2.05. The second kappa shape index (κ2) is 5.28. The molecular weight excluding hydrogens is 256 g/mol. The summed E-state index contributed by atoms with van der Waals surface area (Å²) in [6, 6.07) is 9.74. The number of carbonyl (C=O) groups is 1. The lowest BCUT2D eigenvalue weighted by atomic mass is 10.1. The van der Waals surface area contributed by atoms with Gasteiger partial charge in [-0.05, 0) is 53.1 Å². The molecule has 0 fully saturated rings. The number of rotatable bonds is 4. The highest BCUT2D eigenvalue weighted by Crippen LogP contribution is 2.14. The van der Waals surface area contributed by atoms with E-state index in [2.05, 4.69) is 27.1 Å². The van der Waals surface area contributed by atoms with Crippen LogP contribution in [0.1, 0.15) is 15.9 Å². The van der Waals surface area contributed by atoms with Crippen LogP contribution >= 0.6 is 11.3 Å². The fraction of sp³-hybridized carbons (Fsp3) is 0.133. The van der Waals surface area contributed by atoms with Crippen molar-refractivity contribution in [1.82, 2.24) is 10.3 Å². The average Bonchev–Trinajstić information content (AvgIpc) is 3.08. The first-order valence-electron chi connectivity index (χ1n) is 6.19. The number of fused-ring (bicyclic) bond motifs is 1. The van der Waals surface area contributed by atoms with Gasteiger partial charge >= 0.3 is 0 Å². The number of nitrogens with one attached hydrogen (secondary N) is 2. The third-order valence-electron chi connectivity index (χ3n) is 3.09. The molecule has 0 bridgehead atoms. The van der Waals surface area contributed by atoms with Crippen LogP contribution < -0.4 is 5.32 Å². The van der Waals surface area contributed by atoms with Gasteiger partial charge < -0.3 is 10.3 Å². The molecule has 96 valence electrons. The zero-order valence-electron chi connectivity index (χ0n) is 10.3. The fourth-order valence-corrected chi connectivity index (χ4v) is 2.76. The van der Waals surface area contributed by atoms with E-state index in [1.807, 2.05) is 30.5 Å². The van der Waals surface area contributed by atoms with E-state index < -0.39 is 0 Å². The lowest BCUT2D eigenvalue weighted by Gasteiger charge is -2.04. The quantitative estimate of drug-likeness (QED) is 0.751. The van der Waals surface area contributed by atoms with Gasteiger partial charge in [-0.2, -0.15) is 11.3 Å². The van der Waals surface area contributed by atoms with Crippen LogP contribution in [-0.4, -0.2) is 17.4 Å². The number of thiophene rings is 1. The van der Waals surface area contributed by atoms with Gasteiger partial charge in [-0.25, -0.2) is 0 Å². The number of aromatic nitrogens is 1. The Kier molecular flexibility index (Phi) is 3.33. The molecule has 1 amide bonds. The number of aromatic amines is 1. The van der Waals surface area contributed by atoms with Gasteiger partial charge in [0.15, 0.2) is 0 Å². The zero-order chi connectivity index (χ0) is 13.1. The number of amides is 1.